The Balaban J connectivity index is 1.83. The third kappa shape index (κ3) is 2.63. The number of fused-ring (bicyclic) bond motifs is 1. The van der Waals surface area contributed by atoms with E-state index in [-0.39, 0.29) is 11.7 Å². The number of rotatable bonds is 3. The van der Waals surface area contributed by atoms with Gasteiger partial charge in [-0.3, -0.25) is 9.59 Å². The number of ketones is 1. The minimum absolute atomic E-state index is 0.00368. The van der Waals surface area contributed by atoms with E-state index in [9.17, 15) is 9.59 Å². The number of carbonyl (C=O) groups excluding carboxylic acids is 2. The monoisotopic (exact) mass is 292 g/mol. The Morgan fingerprint density at radius 2 is 1.77 bits per heavy atom. The van der Waals surface area contributed by atoms with Crippen LogP contribution in [0.4, 0.5) is 5.69 Å². The summed E-state index contributed by atoms with van der Waals surface area (Å²) in [5.74, 6) is -0.199. The molecule has 1 aromatic heterocycles. The fourth-order valence-electron chi connectivity index (χ4n) is 2.42. The summed E-state index contributed by atoms with van der Waals surface area (Å²) in [6.45, 7) is 3.52. The van der Waals surface area contributed by atoms with Gasteiger partial charge in [-0.15, -0.1) is 0 Å². The zero-order chi connectivity index (χ0) is 15.7. The molecule has 1 amide bonds. The van der Waals surface area contributed by atoms with E-state index < -0.39 is 0 Å². The van der Waals surface area contributed by atoms with Crippen LogP contribution in [0.15, 0.2) is 48.5 Å². The molecule has 0 bridgehead atoms. The molecule has 22 heavy (non-hydrogen) atoms. The van der Waals surface area contributed by atoms with Crippen LogP contribution in [0, 0.1) is 6.92 Å². The Labute approximate surface area is 128 Å². The van der Waals surface area contributed by atoms with Crippen LogP contribution in [-0.4, -0.2) is 16.7 Å². The van der Waals surface area contributed by atoms with Crippen molar-refractivity contribution in [1.29, 1.82) is 0 Å². The third-order valence-corrected chi connectivity index (χ3v) is 3.66. The van der Waals surface area contributed by atoms with Crippen molar-refractivity contribution >= 4 is 28.3 Å². The number of hydrogen-bond donors (Lipinski definition) is 2. The van der Waals surface area contributed by atoms with E-state index in [1.165, 1.54) is 6.92 Å². The number of anilines is 1. The summed E-state index contributed by atoms with van der Waals surface area (Å²) in [5.41, 5.74) is 3.87. The van der Waals surface area contributed by atoms with Gasteiger partial charge in [-0.25, -0.2) is 0 Å². The van der Waals surface area contributed by atoms with Crippen molar-refractivity contribution in [1.82, 2.24) is 4.98 Å². The number of para-hydroxylation sites is 1. The topological polar surface area (TPSA) is 62.0 Å². The zero-order valence-corrected chi connectivity index (χ0v) is 12.4. The molecule has 0 saturated carbocycles. The van der Waals surface area contributed by atoms with Gasteiger partial charge >= 0.3 is 0 Å². The summed E-state index contributed by atoms with van der Waals surface area (Å²) >= 11 is 0. The van der Waals surface area contributed by atoms with E-state index in [0.717, 1.165) is 16.5 Å². The average molecular weight is 292 g/mol. The van der Waals surface area contributed by atoms with Crippen LogP contribution < -0.4 is 5.32 Å². The Morgan fingerprint density at radius 3 is 2.41 bits per heavy atom. The first-order valence-electron chi connectivity index (χ1n) is 7.05. The predicted octanol–water partition coefficient (Wildman–Crippen LogP) is 3.93. The van der Waals surface area contributed by atoms with Gasteiger partial charge in [0.25, 0.3) is 5.91 Å². The van der Waals surface area contributed by atoms with E-state index in [1.807, 2.05) is 31.2 Å². The summed E-state index contributed by atoms with van der Waals surface area (Å²) < 4.78 is 0. The molecule has 0 spiro atoms. The molecule has 4 nitrogen and oxygen atoms in total. The lowest BCUT2D eigenvalue weighted by Crippen LogP contribution is -2.12. The number of Topliss-reactive ketones (excluding diaryl/α,β-unsaturated/α-hetero) is 1. The second-order valence-corrected chi connectivity index (χ2v) is 5.31. The molecule has 0 unspecified atom stereocenters. The molecule has 0 aliphatic heterocycles. The first-order chi connectivity index (χ1) is 10.5. The maximum Gasteiger partial charge on any atom is 0.272 e. The number of carbonyl (C=O) groups is 2. The van der Waals surface area contributed by atoms with Crippen LogP contribution in [0.3, 0.4) is 0 Å². The quantitative estimate of drug-likeness (QED) is 0.718. The summed E-state index contributed by atoms with van der Waals surface area (Å²) in [6.07, 6.45) is 0. The second-order valence-electron chi connectivity index (χ2n) is 5.31. The van der Waals surface area contributed by atoms with Crippen molar-refractivity contribution in [2.75, 3.05) is 5.32 Å². The Kier molecular flexibility index (Phi) is 3.51. The summed E-state index contributed by atoms with van der Waals surface area (Å²) in [6, 6.07) is 14.6. The molecule has 110 valence electrons. The van der Waals surface area contributed by atoms with Gasteiger partial charge in [-0.2, -0.15) is 0 Å². The van der Waals surface area contributed by atoms with Crippen molar-refractivity contribution in [2.45, 2.75) is 13.8 Å². The number of amides is 1. The first kappa shape index (κ1) is 14.1. The molecule has 0 radical (unpaired) electrons. The molecule has 1 heterocycles. The lowest BCUT2D eigenvalue weighted by molar-refractivity contribution is 0.101. The molecule has 2 N–H and O–H groups in total. The standard InChI is InChI=1S/C18H16N2O2/c1-11-4-3-5-14-10-16(20-17(11)14)18(22)19-15-8-6-13(7-9-15)12(2)21/h3-10,20H,1-2H3,(H,19,22). The van der Waals surface area contributed by atoms with Crippen molar-refractivity contribution in [3.05, 3.63) is 65.4 Å². The van der Waals surface area contributed by atoms with Crippen LogP contribution in [0.2, 0.25) is 0 Å². The maximum atomic E-state index is 12.3. The molecule has 0 aliphatic carbocycles. The van der Waals surface area contributed by atoms with Gasteiger partial charge in [-0.05, 0) is 49.7 Å². The number of nitrogens with one attached hydrogen (secondary N) is 2. The molecular weight excluding hydrogens is 276 g/mol. The van der Waals surface area contributed by atoms with Gasteiger partial charge in [0.15, 0.2) is 5.78 Å². The minimum atomic E-state index is -0.203. The fraction of sp³-hybridized carbons (Fsp3) is 0.111. The van der Waals surface area contributed by atoms with Gasteiger partial charge in [0, 0.05) is 22.2 Å². The maximum absolute atomic E-state index is 12.3. The lowest BCUT2D eigenvalue weighted by atomic mass is 10.1. The highest BCUT2D eigenvalue weighted by molar-refractivity contribution is 6.06. The number of aromatic amines is 1. The Morgan fingerprint density at radius 1 is 1.05 bits per heavy atom. The highest BCUT2D eigenvalue weighted by Crippen LogP contribution is 2.20. The molecule has 3 aromatic rings. The van der Waals surface area contributed by atoms with Gasteiger partial charge < -0.3 is 10.3 Å². The summed E-state index contributed by atoms with van der Waals surface area (Å²) in [7, 11) is 0. The second kappa shape index (κ2) is 5.48. The SMILES string of the molecule is CC(=O)c1ccc(NC(=O)c2cc3cccc(C)c3[nH]2)cc1. The summed E-state index contributed by atoms with van der Waals surface area (Å²) in [5, 5.41) is 3.83. The van der Waals surface area contributed by atoms with Crippen molar-refractivity contribution in [3.63, 3.8) is 0 Å². The van der Waals surface area contributed by atoms with E-state index in [0.29, 0.717) is 16.9 Å². The zero-order valence-electron chi connectivity index (χ0n) is 12.4. The molecule has 0 aliphatic rings. The highest BCUT2D eigenvalue weighted by Gasteiger charge is 2.11. The molecule has 0 saturated heterocycles. The number of H-pyrrole nitrogens is 1. The summed E-state index contributed by atoms with van der Waals surface area (Å²) in [4.78, 5) is 26.7. The Bertz CT molecular complexity index is 860. The van der Waals surface area contributed by atoms with Crippen molar-refractivity contribution < 1.29 is 9.59 Å². The van der Waals surface area contributed by atoms with E-state index in [4.69, 9.17) is 0 Å². The number of aryl methyl sites for hydroxylation is 1. The highest BCUT2D eigenvalue weighted by atomic mass is 16.2. The van der Waals surface area contributed by atoms with Crippen LogP contribution in [-0.2, 0) is 0 Å². The lowest BCUT2D eigenvalue weighted by Gasteiger charge is -2.04. The van der Waals surface area contributed by atoms with Gasteiger partial charge in [0.2, 0.25) is 0 Å². The van der Waals surface area contributed by atoms with Crippen LogP contribution in [0.1, 0.15) is 33.3 Å². The molecule has 3 rings (SSSR count). The van der Waals surface area contributed by atoms with Crippen LogP contribution in [0.5, 0.6) is 0 Å². The molecular formula is C18H16N2O2. The normalized spacial score (nSPS) is 10.6. The van der Waals surface area contributed by atoms with Gasteiger partial charge in [0.1, 0.15) is 5.69 Å². The smallest absolute Gasteiger partial charge is 0.272 e. The first-order valence-corrected chi connectivity index (χ1v) is 7.05. The Hall–Kier alpha value is -2.88. The third-order valence-electron chi connectivity index (χ3n) is 3.66. The van der Waals surface area contributed by atoms with Crippen LogP contribution in [0.25, 0.3) is 10.9 Å². The molecule has 2 aromatic carbocycles. The van der Waals surface area contributed by atoms with E-state index >= 15 is 0 Å². The fourth-order valence-corrected chi connectivity index (χ4v) is 2.42. The predicted molar refractivity (Wildman–Crippen MR) is 87.4 cm³/mol. The van der Waals surface area contributed by atoms with Crippen molar-refractivity contribution in [3.8, 4) is 0 Å². The van der Waals surface area contributed by atoms with Crippen molar-refractivity contribution in [2.24, 2.45) is 0 Å². The molecule has 4 heteroatoms. The number of aromatic nitrogens is 1. The van der Waals surface area contributed by atoms with Gasteiger partial charge in [-0.1, -0.05) is 18.2 Å². The number of hydrogen-bond acceptors (Lipinski definition) is 2. The van der Waals surface area contributed by atoms with Crippen LogP contribution >= 0.6 is 0 Å². The largest absolute Gasteiger partial charge is 0.350 e. The van der Waals surface area contributed by atoms with Gasteiger partial charge in [0.05, 0.1) is 0 Å². The minimum Gasteiger partial charge on any atom is -0.350 e. The van der Waals surface area contributed by atoms with E-state index in [2.05, 4.69) is 10.3 Å². The average Bonchev–Trinajstić information content (AvgIpc) is 2.93. The molecule has 0 fully saturated rings. The van der Waals surface area contributed by atoms with E-state index in [1.54, 1.807) is 24.3 Å². The molecule has 0 atom stereocenters. The number of benzene rings is 2.